The number of para-hydroxylation sites is 1. The molecule has 0 aliphatic heterocycles. The molecule has 30 heavy (non-hydrogen) atoms. The van der Waals surface area contributed by atoms with Gasteiger partial charge in [0.25, 0.3) is 0 Å². The van der Waals surface area contributed by atoms with Crippen LogP contribution in [-0.2, 0) is 0 Å². The summed E-state index contributed by atoms with van der Waals surface area (Å²) in [7, 11) is 3.16. The summed E-state index contributed by atoms with van der Waals surface area (Å²) < 4.78 is 16.2. The molecule has 0 bridgehead atoms. The summed E-state index contributed by atoms with van der Waals surface area (Å²) in [5, 5.41) is 17.0. The van der Waals surface area contributed by atoms with Gasteiger partial charge in [0.1, 0.15) is 17.2 Å². The van der Waals surface area contributed by atoms with E-state index in [0.717, 1.165) is 18.7 Å². The van der Waals surface area contributed by atoms with E-state index in [1.165, 1.54) is 0 Å². The Hall–Kier alpha value is -2.20. The summed E-state index contributed by atoms with van der Waals surface area (Å²) in [6.45, 7) is 4.27. The molecular formula is C22H32IN3O4. The summed E-state index contributed by atoms with van der Waals surface area (Å²) in [6, 6.07) is 15.1. The zero-order valence-corrected chi connectivity index (χ0v) is 20.1. The van der Waals surface area contributed by atoms with Crippen LogP contribution in [0.15, 0.2) is 53.5 Å². The molecule has 0 radical (unpaired) electrons. The topological polar surface area (TPSA) is 84.3 Å². The molecule has 0 spiro atoms. The van der Waals surface area contributed by atoms with Gasteiger partial charge in [0.2, 0.25) is 0 Å². The van der Waals surface area contributed by atoms with Gasteiger partial charge in [-0.3, -0.25) is 4.99 Å². The highest BCUT2D eigenvalue weighted by molar-refractivity contribution is 14.0. The van der Waals surface area contributed by atoms with E-state index in [1.807, 2.05) is 37.3 Å². The molecule has 0 aliphatic carbocycles. The molecule has 0 saturated heterocycles. The lowest BCUT2D eigenvalue weighted by Crippen LogP contribution is -2.38. The number of aliphatic imine (C=N–C) groups is 1. The molecule has 0 fully saturated rings. The third-order valence-corrected chi connectivity index (χ3v) is 4.15. The first-order valence-corrected chi connectivity index (χ1v) is 9.77. The summed E-state index contributed by atoms with van der Waals surface area (Å²) in [5.41, 5.74) is 0.692. The van der Waals surface area contributed by atoms with Gasteiger partial charge in [-0.1, -0.05) is 18.2 Å². The molecule has 0 saturated carbocycles. The fourth-order valence-electron chi connectivity index (χ4n) is 2.63. The van der Waals surface area contributed by atoms with Gasteiger partial charge in [0.05, 0.1) is 33.5 Å². The lowest BCUT2D eigenvalue weighted by atomic mass is 10.1. The van der Waals surface area contributed by atoms with Gasteiger partial charge < -0.3 is 30.0 Å². The maximum absolute atomic E-state index is 10.5. The number of hydrogen-bond donors (Lipinski definition) is 3. The van der Waals surface area contributed by atoms with Crippen molar-refractivity contribution >= 4 is 29.9 Å². The Labute approximate surface area is 195 Å². The Morgan fingerprint density at radius 3 is 2.27 bits per heavy atom. The molecule has 0 aliphatic rings. The SMILES string of the molecule is CCNC(=NCC(O)c1cc(OC)cc(OC)c1)NCCCOc1ccccc1.I. The largest absolute Gasteiger partial charge is 0.497 e. The number of benzene rings is 2. The Balaban J connectivity index is 0.00000450. The highest BCUT2D eigenvalue weighted by Gasteiger charge is 2.11. The minimum Gasteiger partial charge on any atom is -0.497 e. The fourth-order valence-corrected chi connectivity index (χ4v) is 2.63. The summed E-state index contributed by atoms with van der Waals surface area (Å²) in [5.74, 6) is 2.78. The number of guanidine groups is 1. The maximum atomic E-state index is 10.5. The number of halogens is 1. The maximum Gasteiger partial charge on any atom is 0.191 e. The van der Waals surface area contributed by atoms with E-state index in [-0.39, 0.29) is 30.5 Å². The number of nitrogens with zero attached hydrogens (tertiary/aromatic N) is 1. The van der Waals surface area contributed by atoms with E-state index >= 15 is 0 Å². The molecule has 2 rings (SSSR count). The molecule has 0 amide bonds. The minimum absolute atomic E-state index is 0. The third kappa shape index (κ3) is 9.08. The Morgan fingerprint density at radius 1 is 1.00 bits per heavy atom. The van der Waals surface area contributed by atoms with Crippen LogP contribution >= 0.6 is 24.0 Å². The first-order chi connectivity index (χ1) is 14.2. The summed E-state index contributed by atoms with van der Waals surface area (Å²) in [6.07, 6.45) is 0.0606. The van der Waals surface area contributed by atoms with Crippen LogP contribution in [0.25, 0.3) is 0 Å². The molecule has 8 heteroatoms. The number of ether oxygens (including phenoxy) is 3. The molecule has 1 atom stereocenters. The van der Waals surface area contributed by atoms with E-state index in [0.29, 0.717) is 36.2 Å². The van der Waals surface area contributed by atoms with Crippen molar-refractivity contribution in [3.63, 3.8) is 0 Å². The highest BCUT2D eigenvalue weighted by Crippen LogP contribution is 2.26. The van der Waals surface area contributed by atoms with E-state index in [2.05, 4.69) is 15.6 Å². The standard InChI is InChI=1S/C22H31N3O4.HI/c1-4-23-22(24-11-8-12-29-18-9-6-5-7-10-18)25-16-21(26)17-13-19(27-2)15-20(14-17)28-3;/h5-7,9-10,13-15,21,26H,4,8,11-12,16H2,1-3H3,(H2,23,24,25);1H. The molecular weight excluding hydrogens is 497 g/mol. The third-order valence-electron chi connectivity index (χ3n) is 4.15. The second-order valence-corrected chi connectivity index (χ2v) is 6.32. The van der Waals surface area contributed by atoms with Gasteiger partial charge in [0.15, 0.2) is 5.96 Å². The molecule has 2 aromatic carbocycles. The second kappa shape index (κ2) is 14.7. The number of rotatable bonds is 11. The lowest BCUT2D eigenvalue weighted by Gasteiger charge is -2.15. The zero-order chi connectivity index (χ0) is 20.9. The van der Waals surface area contributed by atoms with Crippen molar-refractivity contribution in [1.82, 2.24) is 10.6 Å². The highest BCUT2D eigenvalue weighted by atomic mass is 127. The van der Waals surface area contributed by atoms with Gasteiger partial charge in [-0.2, -0.15) is 0 Å². The zero-order valence-electron chi connectivity index (χ0n) is 17.8. The minimum atomic E-state index is -0.768. The van der Waals surface area contributed by atoms with Crippen LogP contribution < -0.4 is 24.8 Å². The van der Waals surface area contributed by atoms with Crippen molar-refractivity contribution in [1.29, 1.82) is 0 Å². The first-order valence-electron chi connectivity index (χ1n) is 9.77. The van der Waals surface area contributed by atoms with Crippen LogP contribution in [0, 0.1) is 0 Å². The summed E-state index contributed by atoms with van der Waals surface area (Å²) >= 11 is 0. The van der Waals surface area contributed by atoms with E-state index in [9.17, 15) is 5.11 Å². The van der Waals surface area contributed by atoms with Crippen molar-refractivity contribution < 1.29 is 19.3 Å². The van der Waals surface area contributed by atoms with Crippen molar-refractivity contribution in [3.8, 4) is 17.2 Å². The van der Waals surface area contributed by atoms with Crippen molar-refractivity contribution in [2.45, 2.75) is 19.4 Å². The number of hydrogen-bond acceptors (Lipinski definition) is 5. The van der Waals surface area contributed by atoms with E-state index in [4.69, 9.17) is 14.2 Å². The molecule has 166 valence electrons. The van der Waals surface area contributed by atoms with E-state index < -0.39 is 6.10 Å². The van der Waals surface area contributed by atoms with Crippen LogP contribution in [-0.4, -0.2) is 51.5 Å². The van der Waals surface area contributed by atoms with Crippen LogP contribution in [0.2, 0.25) is 0 Å². The Morgan fingerprint density at radius 2 is 1.67 bits per heavy atom. The number of nitrogens with one attached hydrogen (secondary N) is 2. The van der Waals surface area contributed by atoms with Gasteiger partial charge in [-0.15, -0.1) is 24.0 Å². The van der Waals surface area contributed by atoms with Crippen molar-refractivity contribution in [3.05, 3.63) is 54.1 Å². The van der Waals surface area contributed by atoms with E-state index in [1.54, 1.807) is 32.4 Å². The number of aliphatic hydroxyl groups is 1. The molecule has 1 unspecified atom stereocenters. The predicted molar refractivity (Wildman–Crippen MR) is 130 cm³/mol. The first kappa shape index (κ1) is 25.8. The van der Waals surface area contributed by atoms with Crippen LogP contribution in [0.1, 0.15) is 25.0 Å². The lowest BCUT2D eigenvalue weighted by molar-refractivity contribution is 0.186. The monoisotopic (exact) mass is 529 g/mol. The Kier molecular flexibility index (Phi) is 12.7. The quantitative estimate of drug-likeness (QED) is 0.179. The normalized spacial score (nSPS) is 11.8. The fraction of sp³-hybridized carbons (Fsp3) is 0.409. The molecule has 0 aromatic heterocycles. The smallest absolute Gasteiger partial charge is 0.191 e. The second-order valence-electron chi connectivity index (χ2n) is 6.32. The molecule has 0 heterocycles. The molecule has 3 N–H and O–H groups in total. The van der Waals surface area contributed by atoms with Crippen LogP contribution in [0.5, 0.6) is 17.2 Å². The number of methoxy groups -OCH3 is 2. The average Bonchev–Trinajstić information content (AvgIpc) is 2.77. The summed E-state index contributed by atoms with van der Waals surface area (Å²) in [4.78, 5) is 4.48. The Bertz CT molecular complexity index is 737. The van der Waals surface area contributed by atoms with Crippen molar-refractivity contribution in [2.24, 2.45) is 4.99 Å². The van der Waals surface area contributed by atoms with Gasteiger partial charge in [-0.05, 0) is 43.2 Å². The van der Waals surface area contributed by atoms with Crippen molar-refractivity contribution in [2.75, 3.05) is 40.5 Å². The van der Waals surface area contributed by atoms with Crippen LogP contribution in [0.3, 0.4) is 0 Å². The molecule has 7 nitrogen and oxygen atoms in total. The van der Waals surface area contributed by atoms with Gasteiger partial charge in [-0.25, -0.2) is 0 Å². The number of aliphatic hydroxyl groups excluding tert-OH is 1. The van der Waals surface area contributed by atoms with Crippen LogP contribution in [0.4, 0.5) is 0 Å². The molecule has 2 aromatic rings. The van der Waals surface area contributed by atoms with Gasteiger partial charge in [0, 0.05) is 19.2 Å². The predicted octanol–water partition coefficient (Wildman–Crippen LogP) is 3.38. The average molecular weight is 529 g/mol. The van der Waals surface area contributed by atoms with Gasteiger partial charge >= 0.3 is 0 Å².